The first kappa shape index (κ1) is 13.4. The zero-order valence-electron chi connectivity index (χ0n) is 11.9. The summed E-state index contributed by atoms with van der Waals surface area (Å²) in [5.74, 6) is 1.70. The second kappa shape index (κ2) is 6.23. The molecule has 0 amide bonds. The lowest BCUT2D eigenvalue weighted by atomic mass is 10.00. The largest absolute Gasteiger partial charge is 0.327 e. The summed E-state index contributed by atoms with van der Waals surface area (Å²) in [5.41, 5.74) is 9.13. The Labute approximate surface area is 121 Å². The maximum atomic E-state index is 6.30. The molecule has 1 aliphatic rings. The van der Waals surface area contributed by atoms with E-state index in [4.69, 9.17) is 5.73 Å². The summed E-state index contributed by atoms with van der Waals surface area (Å²) in [4.78, 5) is 0. The first-order valence-corrected chi connectivity index (χ1v) is 7.64. The smallest absolute Gasteiger partial charge is 0.00820 e. The Balaban J connectivity index is 1.44. The lowest BCUT2D eigenvalue weighted by Gasteiger charge is -2.11. The second-order valence-corrected chi connectivity index (χ2v) is 6.13. The zero-order valence-corrected chi connectivity index (χ0v) is 11.9. The highest BCUT2D eigenvalue weighted by atomic mass is 14.6. The minimum absolute atomic E-state index is 0.308. The van der Waals surface area contributed by atoms with Crippen LogP contribution in [0.2, 0.25) is 0 Å². The minimum atomic E-state index is 0.308. The normalized spacial score (nSPS) is 22.4. The SMILES string of the molecule is N[C@@H](Cc1ccccc1)CC1C[C@H]1Cc1ccccc1. The highest BCUT2D eigenvalue weighted by Gasteiger charge is 2.37. The van der Waals surface area contributed by atoms with Gasteiger partial charge in [0, 0.05) is 6.04 Å². The Kier molecular flexibility index (Phi) is 4.17. The van der Waals surface area contributed by atoms with Crippen molar-refractivity contribution in [3.8, 4) is 0 Å². The number of benzene rings is 2. The van der Waals surface area contributed by atoms with E-state index in [-0.39, 0.29) is 0 Å². The summed E-state index contributed by atoms with van der Waals surface area (Å²) in [7, 11) is 0. The van der Waals surface area contributed by atoms with Crippen LogP contribution in [-0.4, -0.2) is 6.04 Å². The van der Waals surface area contributed by atoms with Crippen LogP contribution in [0, 0.1) is 11.8 Å². The summed E-state index contributed by atoms with van der Waals surface area (Å²) >= 11 is 0. The minimum Gasteiger partial charge on any atom is -0.327 e. The van der Waals surface area contributed by atoms with Crippen LogP contribution in [0.15, 0.2) is 60.7 Å². The van der Waals surface area contributed by atoms with Gasteiger partial charge >= 0.3 is 0 Å². The first-order chi connectivity index (χ1) is 9.81. The Hall–Kier alpha value is -1.60. The average Bonchev–Trinajstić information content (AvgIpc) is 3.18. The molecular formula is C19H23N. The third-order valence-electron chi connectivity index (χ3n) is 4.36. The second-order valence-electron chi connectivity index (χ2n) is 6.13. The van der Waals surface area contributed by atoms with E-state index in [1.54, 1.807) is 0 Å². The molecule has 0 saturated heterocycles. The molecule has 1 heteroatoms. The number of hydrogen-bond donors (Lipinski definition) is 1. The highest BCUT2D eigenvalue weighted by molar-refractivity contribution is 5.18. The maximum Gasteiger partial charge on any atom is 0.00820 e. The summed E-state index contributed by atoms with van der Waals surface area (Å²) in [6.07, 6.45) is 4.77. The van der Waals surface area contributed by atoms with E-state index < -0.39 is 0 Å². The van der Waals surface area contributed by atoms with Crippen LogP contribution in [0.25, 0.3) is 0 Å². The Morgan fingerprint density at radius 3 is 2.10 bits per heavy atom. The fraction of sp³-hybridized carbons (Fsp3) is 0.368. The van der Waals surface area contributed by atoms with Crippen LogP contribution in [0.3, 0.4) is 0 Å². The molecular weight excluding hydrogens is 242 g/mol. The van der Waals surface area contributed by atoms with Gasteiger partial charge in [0.2, 0.25) is 0 Å². The molecule has 0 aromatic heterocycles. The predicted octanol–water partition coefficient (Wildman–Crippen LogP) is 3.83. The molecule has 3 atom stereocenters. The number of nitrogens with two attached hydrogens (primary N) is 1. The van der Waals surface area contributed by atoms with Crippen LogP contribution in [0.1, 0.15) is 24.0 Å². The Morgan fingerprint density at radius 2 is 1.45 bits per heavy atom. The van der Waals surface area contributed by atoms with Gasteiger partial charge < -0.3 is 5.73 Å². The molecule has 0 aliphatic heterocycles. The molecule has 1 saturated carbocycles. The van der Waals surface area contributed by atoms with E-state index >= 15 is 0 Å². The van der Waals surface area contributed by atoms with Crippen molar-refractivity contribution in [3.05, 3.63) is 71.8 Å². The summed E-state index contributed by atoms with van der Waals surface area (Å²) in [6.45, 7) is 0. The van der Waals surface area contributed by atoms with Crippen molar-refractivity contribution in [2.24, 2.45) is 17.6 Å². The monoisotopic (exact) mass is 265 g/mol. The molecule has 3 rings (SSSR count). The predicted molar refractivity (Wildman–Crippen MR) is 84.5 cm³/mol. The van der Waals surface area contributed by atoms with E-state index in [1.807, 2.05) is 0 Å². The molecule has 2 aromatic rings. The van der Waals surface area contributed by atoms with Gasteiger partial charge in [0.1, 0.15) is 0 Å². The van der Waals surface area contributed by atoms with E-state index in [0.29, 0.717) is 6.04 Å². The van der Waals surface area contributed by atoms with Crippen molar-refractivity contribution in [2.45, 2.75) is 31.7 Å². The molecule has 1 unspecified atom stereocenters. The lowest BCUT2D eigenvalue weighted by Crippen LogP contribution is -2.23. The van der Waals surface area contributed by atoms with Crippen LogP contribution < -0.4 is 5.73 Å². The fourth-order valence-corrected chi connectivity index (χ4v) is 3.15. The molecule has 2 N–H and O–H groups in total. The van der Waals surface area contributed by atoms with Crippen LogP contribution in [0.5, 0.6) is 0 Å². The standard InChI is InChI=1S/C19H23N/c20-19(12-16-9-5-2-6-10-16)14-18-13-17(18)11-15-7-3-1-4-8-15/h1-10,17-19H,11-14,20H2/t17-,18?,19+/m1/s1. The molecule has 1 aliphatic carbocycles. The van der Waals surface area contributed by atoms with Crippen LogP contribution in [0.4, 0.5) is 0 Å². The third kappa shape index (κ3) is 3.71. The quantitative estimate of drug-likeness (QED) is 0.844. The maximum absolute atomic E-state index is 6.30. The van der Waals surface area contributed by atoms with Gasteiger partial charge in [0.15, 0.2) is 0 Å². The summed E-state index contributed by atoms with van der Waals surface area (Å²) < 4.78 is 0. The van der Waals surface area contributed by atoms with Gasteiger partial charge in [-0.1, -0.05) is 60.7 Å². The van der Waals surface area contributed by atoms with Gasteiger partial charge in [-0.2, -0.15) is 0 Å². The van der Waals surface area contributed by atoms with Crippen molar-refractivity contribution in [1.29, 1.82) is 0 Å². The van der Waals surface area contributed by atoms with E-state index in [2.05, 4.69) is 60.7 Å². The van der Waals surface area contributed by atoms with Crippen molar-refractivity contribution in [3.63, 3.8) is 0 Å². The Bertz CT molecular complexity index is 520. The topological polar surface area (TPSA) is 26.0 Å². The fourth-order valence-electron chi connectivity index (χ4n) is 3.15. The lowest BCUT2D eigenvalue weighted by molar-refractivity contribution is 0.535. The molecule has 0 radical (unpaired) electrons. The van der Waals surface area contributed by atoms with Crippen LogP contribution >= 0.6 is 0 Å². The molecule has 104 valence electrons. The Morgan fingerprint density at radius 1 is 0.850 bits per heavy atom. The van der Waals surface area contributed by atoms with E-state index in [0.717, 1.165) is 18.3 Å². The van der Waals surface area contributed by atoms with E-state index in [1.165, 1.54) is 30.4 Å². The molecule has 0 bridgehead atoms. The van der Waals surface area contributed by atoms with Crippen molar-refractivity contribution >= 4 is 0 Å². The molecule has 2 aromatic carbocycles. The molecule has 1 fully saturated rings. The van der Waals surface area contributed by atoms with Crippen molar-refractivity contribution in [2.75, 3.05) is 0 Å². The number of rotatable bonds is 6. The molecule has 20 heavy (non-hydrogen) atoms. The highest BCUT2D eigenvalue weighted by Crippen LogP contribution is 2.44. The van der Waals surface area contributed by atoms with Crippen LogP contribution in [-0.2, 0) is 12.8 Å². The van der Waals surface area contributed by atoms with Gasteiger partial charge in [-0.25, -0.2) is 0 Å². The van der Waals surface area contributed by atoms with Crippen molar-refractivity contribution in [1.82, 2.24) is 0 Å². The molecule has 0 spiro atoms. The third-order valence-corrected chi connectivity index (χ3v) is 4.36. The van der Waals surface area contributed by atoms with E-state index in [9.17, 15) is 0 Å². The number of hydrogen-bond acceptors (Lipinski definition) is 1. The van der Waals surface area contributed by atoms with Gasteiger partial charge in [-0.15, -0.1) is 0 Å². The average molecular weight is 265 g/mol. The van der Waals surface area contributed by atoms with Gasteiger partial charge in [-0.3, -0.25) is 0 Å². The zero-order chi connectivity index (χ0) is 13.8. The van der Waals surface area contributed by atoms with Crippen molar-refractivity contribution < 1.29 is 0 Å². The summed E-state index contributed by atoms with van der Waals surface area (Å²) in [5, 5.41) is 0. The van der Waals surface area contributed by atoms with Gasteiger partial charge in [0.25, 0.3) is 0 Å². The van der Waals surface area contributed by atoms with Gasteiger partial charge in [0.05, 0.1) is 0 Å². The molecule has 0 heterocycles. The molecule has 1 nitrogen and oxygen atoms in total. The van der Waals surface area contributed by atoms with Gasteiger partial charge in [-0.05, 0) is 48.6 Å². The summed E-state index contributed by atoms with van der Waals surface area (Å²) in [6, 6.07) is 21.7. The first-order valence-electron chi connectivity index (χ1n) is 7.64.